The van der Waals surface area contributed by atoms with Crippen LogP contribution in [0.2, 0.25) is 0 Å². The first-order valence-electron chi connectivity index (χ1n) is 6.14. The molecule has 0 atom stereocenters. The number of rotatable bonds is 5. The molecule has 0 aromatic heterocycles. The van der Waals surface area contributed by atoms with Gasteiger partial charge in [0.15, 0.2) is 0 Å². The zero-order valence-electron chi connectivity index (χ0n) is 10.7. The molecular formula is C14H24N2. The molecule has 0 bridgehead atoms. The molecule has 2 heteroatoms. The van der Waals surface area contributed by atoms with Crippen LogP contribution in [0.15, 0.2) is 34.6 Å². The second-order valence-corrected chi connectivity index (χ2v) is 4.48. The van der Waals surface area contributed by atoms with Crippen LogP contribution in [0.1, 0.15) is 40.0 Å². The standard InChI is InChI=1S/C14H24N2/c1-4-13(10(2)7-8-15)11(3)14(9-16)12-5-6-12/h7,9,12H,4-6,8,15-16H2,1-3H3/b10-7-,13-11+,14-9+. The van der Waals surface area contributed by atoms with Crippen molar-refractivity contribution in [3.63, 3.8) is 0 Å². The Labute approximate surface area is 99.1 Å². The number of allylic oxidation sites excluding steroid dienone is 4. The number of hydrogen-bond donors (Lipinski definition) is 2. The molecule has 1 rings (SSSR count). The van der Waals surface area contributed by atoms with Crippen molar-refractivity contribution in [3.8, 4) is 0 Å². The van der Waals surface area contributed by atoms with Gasteiger partial charge in [-0.25, -0.2) is 0 Å². The highest BCUT2D eigenvalue weighted by Crippen LogP contribution is 2.41. The molecule has 1 saturated carbocycles. The summed E-state index contributed by atoms with van der Waals surface area (Å²) >= 11 is 0. The maximum absolute atomic E-state index is 5.74. The monoisotopic (exact) mass is 220 g/mol. The fourth-order valence-electron chi connectivity index (χ4n) is 2.28. The second-order valence-electron chi connectivity index (χ2n) is 4.48. The van der Waals surface area contributed by atoms with E-state index in [2.05, 4.69) is 26.8 Å². The molecule has 0 amide bonds. The van der Waals surface area contributed by atoms with Gasteiger partial charge in [0, 0.05) is 6.54 Å². The van der Waals surface area contributed by atoms with Gasteiger partial charge in [-0.05, 0) is 61.9 Å². The van der Waals surface area contributed by atoms with Gasteiger partial charge < -0.3 is 11.5 Å². The third-order valence-electron chi connectivity index (χ3n) is 3.34. The summed E-state index contributed by atoms with van der Waals surface area (Å²) in [5.41, 5.74) is 16.7. The first-order valence-corrected chi connectivity index (χ1v) is 6.14. The second kappa shape index (κ2) is 5.90. The Kier molecular flexibility index (Phi) is 4.81. The molecule has 90 valence electrons. The van der Waals surface area contributed by atoms with Gasteiger partial charge >= 0.3 is 0 Å². The summed E-state index contributed by atoms with van der Waals surface area (Å²) in [7, 11) is 0. The van der Waals surface area contributed by atoms with E-state index in [1.807, 2.05) is 0 Å². The third kappa shape index (κ3) is 2.99. The topological polar surface area (TPSA) is 52.0 Å². The molecule has 2 nitrogen and oxygen atoms in total. The molecule has 4 N–H and O–H groups in total. The fraction of sp³-hybridized carbons (Fsp3) is 0.571. The van der Waals surface area contributed by atoms with Gasteiger partial charge in [-0.1, -0.05) is 18.6 Å². The largest absolute Gasteiger partial charge is 0.404 e. The predicted octanol–water partition coefficient (Wildman–Crippen LogP) is 2.87. The van der Waals surface area contributed by atoms with Crippen LogP contribution in [-0.2, 0) is 0 Å². The van der Waals surface area contributed by atoms with Crippen LogP contribution in [0.4, 0.5) is 0 Å². The van der Waals surface area contributed by atoms with Crippen molar-refractivity contribution in [2.45, 2.75) is 40.0 Å². The summed E-state index contributed by atoms with van der Waals surface area (Å²) in [6.07, 6.45) is 7.49. The molecule has 1 aliphatic carbocycles. The average molecular weight is 220 g/mol. The van der Waals surface area contributed by atoms with E-state index in [4.69, 9.17) is 11.5 Å². The zero-order chi connectivity index (χ0) is 12.1. The molecule has 0 saturated heterocycles. The molecule has 0 aromatic carbocycles. The summed E-state index contributed by atoms with van der Waals surface area (Å²) in [6, 6.07) is 0. The minimum Gasteiger partial charge on any atom is -0.404 e. The van der Waals surface area contributed by atoms with Crippen LogP contribution < -0.4 is 11.5 Å². The van der Waals surface area contributed by atoms with E-state index in [-0.39, 0.29) is 0 Å². The van der Waals surface area contributed by atoms with Crippen molar-refractivity contribution in [1.82, 2.24) is 0 Å². The summed E-state index contributed by atoms with van der Waals surface area (Å²) < 4.78 is 0. The van der Waals surface area contributed by atoms with Crippen LogP contribution in [0, 0.1) is 5.92 Å². The van der Waals surface area contributed by atoms with Gasteiger partial charge in [0.1, 0.15) is 0 Å². The lowest BCUT2D eigenvalue weighted by molar-refractivity contribution is 0.967. The van der Waals surface area contributed by atoms with Crippen LogP contribution >= 0.6 is 0 Å². The normalized spacial score (nSPS) is 19.8. The molecule has 0 unspecified atom stereocenters. The Morgan fingerprint density at radius 3 is 2.31 bits per heavy atom. The zero-order valence-corrected chi connectivity index (χ0v) is 10.7. The molecule has 0 spiro atoms. The first kappa shape index (κ1) is 13.0. The van der Waals surface area contributed by atoms with Crippen molar-refractivity contribution in [2.24, 2.45) is 17.4 Å². The number of hydrogen-bond acceptors (Lipinski definition) is 2. The lowest BCUT2D eigenvalue weighted by atomic mass is 9.92. The lowest BCUT2D eigenvalue weighted by Crippen LogP contribution is -2.01. The predicted molar refractivity (Wildman–Crippen MR) is 70.8 cm³/mol. The lowest BCUT2D eigenvalue weighted by Gasteiger charge is -2.14. The van der Waals surface area contributed by atoms with E-state index < -0.39 is 0 Å². The van der Waals surface area contributed by atoms with E-state index in [1.54, 1.807) is 6.20 Å². The van der Waals surface area contributed by atoms with Crippen LogP contribution in [0.3, 0.4) is 0 Å². The summed E-state index contributed by atoms with van der Waals surface area (Å²) in [4.78, 5) is 0. The number of nitrogens with two attached hydrogens (primary N) is 2. The summed E-state index contributed by atoms with van der Waals surface area (Å²) in [5, 5.41) is 0. The van der Waals surface area contributed by atoms with Crippen LogP contribution in [-0.4, -0.2) is 6.54 Å². The Morgan fingerprint density at radius 1 is 1.31 bits per heavy atom. The molecule has 0 aliphatic heterocycles. The average Bonchev–Trinajstić information content (AvgIpc) is 3.04. The van der Waals surface area contributed by atoms with Gasteiger partial charge in [0.2, 0.25) is 0 Å². The Hall–Kier alpha value is -1.02. The minimum absolute atomic E-state index is 0.605. The van der Waals surface area contributed by atoms with E-state index in [0.717, 1.165) is 6.42 Å². The van der Waals surface area contributed by atoms with Crippen LogP contribution in [0.5, 0.6) is 0 Å². The van der Waals surface area contributed by atoms with Crippen molar-refractivity contribution in [1.29, 1.82) is 0 Å². The maximum atomic E-state index is 5.74. The summed E-state index contributed by atoms with van der Waals surface area (Å²) in [5.74, 6) is 0.706. The minimum atomic E-state index is 0.605. The van der Waals surface area contributed by atoms with Gasteiger partial charge in [-0.3, -0.25) is 0 Å². The van der Waals surface area contributed by atoms with E-state index >= 15 is 0 Å². The molecule has 1 fully saturated rings. The third-order valence-corrected chi connectivity index (χ3v) is 3.34. The molecule has 0 radical (unpaired) electrons. The van der Waals surface area contributed by atoms with Gasteiger partial charge in [-0.2, -0.15) is 0 Å². The molecule has 1 aliphatic rings. The smallest absolute Gasteiger partial charge is 0.0112 e. The van der Waals surface area contributed by atoms with E-state index in [9.17, 15) is 0 Å². The Bertz CT molecular complexity index is 331. The van der Waals surface area contributed by atoms with Crippen molar-refractivity contribution in [2.75, 3.05) is 6.54 Å². The van der Waals surface area contributed by atoms with Crippen LogP contribution in [0.25, 0.3) is 0 Å². The molecule has 16 heavy (non-hydrogen) atoms. The van der Waals surface area contributed by atoms with Gasteiger partial charge in [0.25, 0.3) is 0 Å². The summed E-state index contributed by atoms with van der Waals surface area (Å²) in [6.45, 7) is 7.11. The quantitative estimate of drug-likeness (QED) is 0.700. The highest BCUT2D eigenvalue weighted by atomic mass is 14.5. The maximum Gasteiger partial charge on any atom is 0.0112 e. The van der Waals surface area contributed by atoms with E-state index in [0.29, 0.717) is 12.5 Å². The highest BCUT2D eigenvalue weighted by molar-refractivity contribution is 5.44. The molecular weight excluding hydrogens is 196 g/mol. The molecule has 0 aromatic rings. The molecule has 0 heterocycles. The van der Waals surface area contributed by atoms with Gasteiger partial charge in [-0.15, -0.1) is 0 Å². The Balaban J connectivity index is 3.01. The fourth-order valence-corrected chi connectivity index (χ4v) is 2.28. The highest BCUT2D eigenvalue weighted by Gasteiger charge is 2.27. The first-order chi connectivity index (χ1) is 7.65. The Morgan fingerprint density at radius 2 is 1.94 bits per heavy atom. The SMILES string of the molecule is CCC(/C(C)=C\CN)=C(C)\C(=C/N)C1CC1. The van der Waals surface area contributed by atoms with Crippen molar-refractivity contribution < 1.29 is 0 Å². The van der Waals surface area contributed by atoms with Gasteiger partial charge in [0.05, 0.1) is 0 Å². The van der Waals surface area contributed by atoms with Crippen molar-refractivity contribution in [3.05, 3.63) is 34.6 Å². The van der Waals surface area contributed by atoms with E-state index in [1.165, 1.54) is 35.1 Å². The van der Waals surface area contributed by atoms with Crippen molar-refractivity contribution >= 4 is 0 Å².